The summed E-state index contributed by atoms with van der Waals surface area (Å²) in [5.74, 6) is -0.952. The molecule has 31 heavy (non-hydrogen) atoms. The highest BCUT2D eigenvalue weighted by molar-refractivity contribution is 5.94. The molecule has 6 nitrogen and oxygen atoms in total. The maximum absolute atomic E-state index is 14.5. The summed E-state index contributed by atoms with van der Waals surface area (Å²) in [6.45, 7) is 0.399. The number of piperidine rings is 1. The van der Waals surface area contributed by atoms with Gasteiger partial charge in [-0.1, -0.05) is 24.3 Å². The first kappa shape index (κ1) is 21.1. The second kappa shape index (κ2) is 9.34. The summed E-state index contributed by atoms with van der Waals surface area (Å²) in [6, 6.07) is 11.6. The molecule has 0 bridgehead atoms. The lowest BCUT2D eigenvalue weighted by molar-refractivity contribution is 0.00362. The molecule has 3 aromatic rings. The minimum Gasteiger partial charge on any atom is -0.375 e. The molecule has 1 aliphatic rings. The highest BCUT2D eigenvalue weighted by Crippen LogP contribution is 2.21. The molecule has 162 valence electrons. The average Bonchev–Trinajstić information content (AvgIpc) is 2.81. The second-order valence-corrected chi connectivity index (χ2v) is 7.59. The largest absolute Gasteiger partial charge is 0.375 e. The molecule has 2 heterocycles. The van der Waals surface area contributed by atoms with Crippen LogP contribution in [-0.2, 0) is 11.2 Å². The third-order valence-corrected chi connectivity index (χ3v) is 5.57. The molecule has 1 aromatic heterocycles. The lowest BCUT2D eigenvalue weighted by Gasteiger charge is -2.32. The Hall–Kier alpha value is -3.13. The lowest BCUT2D eigenvalue weighted by atomic mass is 10.0. The van der Waals surface area contributed by atoms with Gasteiger partial charge in [0.25, 0.3) is 11.5 Å². The number of aromatic amines is 1. The Morgan fingerprint density at radius 1 is 1.16 bits per heavy atom. The van der Waals surface area contributed by atoms with Crippen molar-refractivity contribution in [2.45, 2.75) is 25.4 Å². The SMILES string of the molecule is O=C(c1cc(Cc2n[nH]c(=O)c3ccccc23)ccc1F)N1CCC(OCCF)CC1. The number of benzene rings is 2. The van der Waals surface area contributed by atoms with E-state index in [-0.39, 0.29) is 29.7 Å². The summed E-state index contributed by atoms with van der Waals surface area (Å²) >= 11 is 0. The number of alkyl halides is 1. The number of ether oxygens (including phenoxy) is 1. The van der Waals surface area contributed by atoms with Crippen LogP contribution in [0.5, 0.6) is 0 Å². The van der Waals surface area contributed by atoms with Crippen LogP contribution in [0.1, 0.15) is 34.5 Å². The van der Waals surface area contributed by atoms with Crippen molar-refractivity contribution in [3.63, 3.8) is 0 Å². The third-order valence-electron chi connectivity index (χ3n) is 5.57. The van der Waals surface area contributed by atoms with Gasteiger partial charge in [-0.3, -0.25) is 9.59 Å². The summed E-state index contributed by atoms with van der Waals surface area (Å²) in [5.41, 5.74) is 1.10. The van der Waals surface area contributed by atoms with Crippen LogP contribution in [0.3, 0.4) is 0 Å². The van der Waals surface area contributed by atoms with Crippen LogP contribution in [0.25, 0.3) is 10.8 Å². The van der Waals surface area contributed by atoms with E-state index in [0.717, 1.165) is 10.9 Å². The highest BCUT2D eigenvalue weighted by Gasteiger charge is 2.26. The molecular weight excluding hydrogens is 404 g/mol. The molecule has 0 saturated carbocycles. The van der Waals surface area contributed by atoms with Gasteiger partial charge >= 0.3 is 0 Å². The Kier molecular flexibility index (Phi) is 6.36. The number of likely N-dealkylation sites (tertiary alicyclic amines) is 1. The highest BCUT2D eigenvalue weighted by atomic mass is 19.1. The number of fused-ring (bicyclic) bond motifs is 1. The van der Waals surface area contributed by atoms with E-state index in [1.54, 1.807) is 29.2 Å². The number of carbonyl (C=O) groups excluding carboxylic acids is 1. The molecule has 1 amide bonds. The number of halogens is 2. The maximum Gasteiger partial charge on any atom is 0.272 e. The van der Waals surface area contributed by atoms with E-state index in [4.69, 9.17) is 4.74 Å². The molecule has 0 atom stereocenters. The van der Waals surface area contributed by atoms with E-state index in [1.807, 2.05) is 12.1 Å². The van der Waals surface area contributed by atoms with Crippen molar-refractivity contribution in [2.75, 3.05) is 26.4 Å². The summed E-state index contributed by atoms with van der Waals surface area (Å²) in [7, 11) is 0. The fourth-order valence-electron chi connectivity index (χ4n) is 3.95. The Morgan fingerprint density at radius 2 is 1.90 bits per heavy atom. The average molecular weight is 427 g/mol. The zero-order chi connectivity index (χ0) is 21.8. The van der Waals surface area contributed by atoms with Crippen LogP contribution >= 0.6 is 0 Å². The normalized spacial score (nSPS) is 14.8. The summed E-state index contributed by atoms with van der Waals surface area (Å²) in [6.07, 6.45) is 1.47. The molecule has 0 spiro atoms. The molecule has 1 saturated heterocycles. The number of aromatic nitrogens is 2. The Balaban J connectivity index is 1.53. The van der Waals surface area contributed by atoms with E-state index in [0.29, 0.717) is 43.4 Å². The standard InChI is InChI=1S/C23H23F2N3O3/c24-9-12-31-16-7-10-28(11-8-16)23(30)19-13-15(5-6-20(19)25)14-21-17-3-1-2-4-18(17)22(29)27-26-21/h1-6,13,16H,7-12,14H2,(H,27,29). The second-order valence-electron chi connectivity index (χ2n) is 7.59. The molecule has 2 aromatic carbocycles. The Bertz CT molecular complexity index is 1140. The Morgan fingerprint density at radius 3 is 2.65 bits per heavy atom. The molecular formula is C23H23F2N3O3. The van der Waals surface area contributed by atoms with Gasteiger partial charge in [-0.2, -0.15) is 5.10 Å². The molecule has 4 rings (SSSR count). The van der Waals surface area contributed by atoms with Crippen LogP contribution in [0.2, 0.25) is 0 Å². The first-order valence-corrected chi connectivity index (χ1v) is 10.3. The van der Waals surface area contributed by atoms with Crippen LogP contribution < -0.4 is 5.56 Å². The van der Waals surface area contributed by atoms with Gasteiger partial charge in [0.15, 0.2) is 0 Å². The van der Waals surface area contributed by atoms with Crippen LogP contribution in [-0.4, -0.2) is 53.5 Å². The van der Waals surface area contributed by atoms with Crippen LogP contribution in [0.15, 0.2) is 47.3 Å². The van der Waals surface area contributed by atoms with Gasteiger partial charge < -0.3 is 9.64 Å². The number of rotatable bonds is 6. The molecule has 0 unspecified atom stereocenters. The van der Waals surface area contributed by atoms with Gasteiger partial charge in [0.1, 0.15) is 12.5 Å². The quantitative estimate of drug-likeness (QED) is 0.655. The summed E-state index contributed by atoms with van der Waals surface area (Å²) < 4.78 is 32.2. The first-order chi connectivity index (χ1) is 15.1. The van der Waals surface area contributed by atoms with Crippen molar-refractivity contribution in [1.29, 1.82) is 0 Å². The number of nitrogens with one attached hydrogen (secondary N) is 1. The topological polar surface area (TPSA) is 75.3 Å². The fourth-order valence-corrected chi connectivity index (χ4v) is 3.95. The number of hydrogen-bond acceptors (Lipinski definition) is 4. The van der Waals surface area contributed by atoms with Gasteiger partial charge in [-0.15, -0.1) is 0 Å². The monoisotopic (exact) mass is 427 g/mol. The Labute approximate surface area is 177 Å². The number of amides is 1. The first-order valence-electron chi connectivity index (χ1n) is 10.3. The molecule has 0 radical (unpaired) electrons. The van der Waals surface area contributed by atoms with E-state index in [2.05, 4.69) is 10.2 Å². The molecule has 8 heteroatoms. The third kappa shape index (κ3) is 4.64. The molecule has 0 aliphatic carbocycles. The van der Waals surface area contributed by atoms with Crippen molar-refractivity contribution in [1.82, 2.24) is 15.1 Å². The minimum atomic E-state index is -0.580. The predicted octanol–water partition coefficient (Wildman–Crippen LogP) is 3.24. The number of nitrogens with zero attached hydrogens (tertiary/aromatic N) is 2. The fraction of sp³-hybridized carbons (Fsp3) is 0.348. The predicted molar refractivity (Wildman–Crippen MR) is 112 cm³/mol. The number of carbonyl (C=O) groups is 1. The molecule has 1 fully saturated rings. The number of hydrogen-bond donors (Lipinski definition) is 1. The van der Waals surface area contributed by atoms with Crippen molar-refractivity contribution in [3.8, 4) is 0 Å². The van der Waals surface area contributed by atoms with Crippen molar-refractivity contribution >= 4 is 16.7 Å². The minimum absolute atomic E-state index is 0.00866. The lowest BCUT2D eigenvalue weighted by Crippen LogP contribution is -2.41. The van der Waals surface area contributed by atoms with Crippen molar-refractivity contribution in [2.24, 2.45) is 0 Å². The van der Waals surface area contributed by atoms with E-state index < -0.39 is 12.5 Å². The summed E-state index contributed by atoms with van der Waals surface area (Å²) in [5, 5.41) is 7.90. The van der Waals surface area contributed by atoms with E-state index in [9.17, 15) is 18.4 Å². The molecule has 1 N–H and O–H groups in total. The van der Waals surface area contributed by atoms with Crippen LogP contribution in [0.4, 0.5) is 8.78 Å². The van der Waals surface area contributed by atoms with Crippen LogP contribution in [0, 0.1) is 5.82 Å². The smallest absolute Gasteiger partial charge is 0.272 e. The molecule has 1 aliphatic heterocycles. The van der Waals surface area contributed by atoms with E-state index in [1.165, 1.54) is 6.07 Å². The van der Waals surface area contributed by atoms with Gasteiger partial charge in [-0.05, 0) is 36.6 Å². The van der Waals surface area contributed by atoms with Crippen molar-refractivity contribution < 1.29 is 18.3 Å². The van der Waals surface area contributed by atoms with Gasteiger partial charge in [0, 0.05) is 24.9 Å². The zero-order valence-electron chi connectivity index (χ0n) is 16.9. The van der Waals surface area contributed by atoms with Gasteiger partial charge in [0.2, 0.25) is 0 Å². The maximum atomic E-state index is 14.5. The van der Waals surface area contributed by atoms with Gasteiger partial charge in [-0.25, -0.2) is 13.9 Å². The van der Waals surface area contributed by atoms with Crippen molar-refractivity contribution in [3.05, 3.63) is 75.5 Å². The van der Waals surface area contributed by atoms with E-state index >= 15 is 0 Å². The number of H-pyrrole nitrogens is 1. The van der Waals surface area contributed by atoms with Gasteiger partial charge in [0.05, 0.1) is 29.4 Å². The zero-order valence-corrected chi connectivity index (χ0v) is 16.9. The summed E-state index contributed by atoms with van der Waals surface area (Å²) in [4.78, 5) is 26.5.